The van der Waals surface area contributed by atoms with Gasteiger partial charge in [-0.2, -0.15) is 0 Å². The van der Waals surface area contributed by atoms with Gasteiger partial charge in [0.2, 0.25) is 0 Å². The second-order valence-corrected chi connectivity index (χ2v) is 4.08. The van der Waals surface area contributed by atoms with Crippen LogP contribution in [0, 0.1) is 17.0 Å². The molecule has 0 radical (unpaired) electrons. The highest BCUT2D eigenvalue weighted by molar-refractivity contribution is 5.22. The van der Waals surface area contributed by atoms with Crippen molar-refractivity contribution in [1.29, 1.82) is 0 Å². The molecule has 0 amide bonds. The van der Waals surface area contributed by atoms with Crippen LogP contribution in [0.2, 0.25) is 0 Å². The molecule has 1 fully saturated rings. The van der Waals surface area contributed by atoms with Crippen molar-refractivity contribution in [2.24, 2.45) is 11.1 Å². The fraction of sp³-hybridized carbons (Fsp3) is 0.455. The van der Waals surface area contributed by atoms with Crippen LogP contribution in [0.15, 0.2) is 18.2 Å². The first kappa shape index (κ1) is 9.59. The van der Waals surface area contributed by atoms with Gasteiger partial charge < -0.3 is 5.73 Å². The summed E-state index contributed by atoms with van der Waals surface area (Å²) in [5.74, 6) is -0.908. The van der Waals surface area contributed by atoms with E-state index >= 15 is 0 Å². The van der Waals surface area contributed by atoms with Crippen LogP contribution in [0.5, 0.6) is 0 Å². The van der Waals surface area contributed by atoms with Gasteiger partial charge in [0.15, 0.2) is 0 Å². The van der Waals surface area contributed by atoms with Gasteiger partial charge in [0.1, 0.15) is 11.6 Å². The van der Waals surface area contributed by atoms with E-state index in [0.717, 1.165) is 12.8 Å². The molecule has 0 spiro atoms. The van der Waals surface area contributed by atoms with Gasteiger partial charge in [-0.05, 0) is 43.4 Å². The first-order valence-electron chi connectivity index (χ1n) is 4.80. The Bertz CT molecular complexity index is 325. The quantitative estimate of drug-likeness (QED) is 0.790. The average molecular weight is 197 g/mol. The van der Waals surface area contributed by atoms with Crippen molar-refractivity contribution < 1.29 is 8.78 Å². The van der Waals surface area contributed by atoms with Crippen LogP contribution < -0.4 is 5.73 Å². The molecule has 3 heteroatoms. The number of nitrogens with two attached hydrogens (primary N) is 1. The standard InChI is InChI=1S/C11H13F2N/c12-9-2-1-3-10(13)8(9)6-11(7-14)4-5-11/h1-3H,4-7,14H2. The Morgan fingerprint density at radius 3 is 2.21 bits per heavy atom. The minimum atomic E-state index is -0.454. The topological polar surface area (TPSA) is 26.0 Å². The Hall–Kier alpha value is -0.960. The largest absolute Gasteiger partial charge is 0.330 e. The molecular formula is C11H13F2N. The summed E-state index contributed by atoms with van der Waals surface area (Å²) >= 11 is 0. The van der Waals surface area contributed by atoms with Crippen molar-refractivity contribution in [3.05, 3.63) is 35.4 Å². The molecule has 76 valence electrons. The van der Waals surface area contributed by atoms with Crippen molar-refractivity contribution in [3.63, 3.8) is 0 Å². The molecule has 1 aliphatic rings. The highest BCUT2D eigenvalue weighted by Crippen LogP contribution is 2.47. The normalized spacial score (nSPS) is 18.2. The van der Waals surface area contributed by atoms with Gasteiger partial charge in [-0.1, -0.05) is 6.07 Å². The molecule has 0 unspecified atom stereocenters. The Labute approximate surface area is 81.9 Å². The van der Waals surface area contributed by atoms with E-state index in [2.05, 4.69) is 0 Å². The van der Waals surface area contributed by atoms with Crippen LogP contribution in [0.3, 0.4) is 0 Å². The van der Waals surface area contributed by atoms with Crippen molar-refractivity contribution in [2.45, 2.75) is 19.3 Å². The third kappa shape index (κ3) is 1.64. The van der Waals surface area contributed by atoms with E-state index in [0.29, 0.717) is 13.0 Å². The summed E-state index contributed by atoms with van der Waals surface area (Å²) in [6.07, 6.45) is 2.40. The maximum atomic E-state index is 13.3. The molecule has 0 bridgehead atoms. The number of hydrogen-bond acceptors (Lipinski definition) is 1. The molecule has 0 aliphatic heterocycles. The molecule has 1 nitrogen and oxygen atoms in total. The van der Waals surface area contributed by atoms with E-state index in [1.807, 2.05) is 0 Å². The Balaban J connectivity index is 2.24. The predicted octanol–water partition coefficient (Wildman–Crippen LogP) is 2.25. The van der Waals surface area contributed by atoms with E-state index in [4.69, 9.17) is 5.73 Å². The molecule has 1 aromatic rings. The van der Waals surface area contributed by atoms with Gasteiger partial charge in [-0.15, -0.1) is 0 Å². The van der Waals surface area contributed by atoms with Gasteiger partial charge >= 0.3 is 0 Å². The molecule has 1 saturated carbocycles. The summed E-state index contributed by atoms with van der Waals surface area (Å²) in [7, 11) is 0. The molecule has 0 saturated heterocycles. The molecular weight excluding hydrogens is 184 g/mol. The minimum Gasteiger partial charge on any atom is -0.330 e. The van der Waals surface area contributed by atoms with Crippen LogP contribution in [0.4, 0.5) is 8.78 Å². The monoisotopic (exact) mass is 197 g/mol. The first-order valence-corrected chi connectivity index (χ1v) is 4.80. The Morgan fingerprint density at radius 1 is 1.21 bits per heavy atom. The van der Waals surface area contributed by atoms with Gasteiger partial charge in [-0.3, -0.25) is 0 Å². The maximum Gasteiger partial charge on any atom is 0.129 e. The van der Waals surface area contributed by atoms with Crippen molar-refractivity contribution >= 4 is 0 Å². The zero-order valence-electron chi connectivity index (χ0n) is 7.89. The number of rotatable bonds is 3. The lowest BCUT2D eigenvalue weighted by Crippen LogP contribution is -2.19. The molecule has 1 aliphatic carbocycles. The molecule has 2 rings (SSSR count). The number of halogens is 2. The molecule has 14 heavy (non-hydrogen) atoms. The summed E-state index contributed by atoms with van der Waals surface area (Å²) < 4.78 is 26.5. The third-order valence-electron chi connectivity index (χ3n) is 3.00. The first-order chi connectivity index (χ1) is 6.67. The van der Waals surface area contributed by atoms with Crippen LogP contribution in [0.1, 0.15) is 18.4 Å². The van der Waals surface area contributed by atoms with Gasteiger partial charge in [-0.25, -0.2) is 8.78 Å². The molecule has 0 aromatic heterocycles. The zero-order chi connectivity index (χ0) is 10.2. The van der Waals surface area contributed by atoms with E-state index in [9.17, 15) is 8.78 Å². The van der Waals surface area contributed by atoms with Crippen molar-refractivity contribution in [2.75, 3.05) is 6.54 Å². The van der Waals surface area contributed by atoms with Gasteiger partial charge in [0.05, 0.1) is 0 Å². The smallest absolute Gasteiger partial charge is 0.129 e. The van der Waals surface area contributed by atoms with Crippen LogP contribution in [-0.4, -0.2) is 6.54 Å². The molecule has 2 N–H and O–H groups in total. The maximum absolute atomic E-state index is 13.3. The number of benzene rings is 1. The molecule has 0 heterocycles. The van der Waals surface area contributed by atoms with Gasteiger partial charge in [0.25, 0.3) is 0 Å². The summed E-state index contributed by atoms with van der Waals surface area (Å²) in [4.78, 5) is 0. The van der Waals surface area contributed by atoms with Gasteiger partial charge in [0, 0.05) is 5.56 Å². The lowest BCUT2D eigenvalue weighted by Gasteiger charge is -2.13. The highest BCUT2D eigenvalue weighted by atomic mass is 19.1. The van der Waals surface area contributed by atoms with Crippen molar-refractivity contribution in [1.82, 2.24) is 0 Å². The van der Waals surface area contributed by atoms with Crippen LogP contribution >= 0.6 is 0 Å². The summed E-state index contributed by atoms with van der Waals surface area (Å²) in [6.45, 7) is 0.515. The second-order valence-electron chi connectivity index (χ2n) is 4.08. The van der Waals surface area contributed by atoms with Crippen LogP contribution in [-0.2, 0) is 6.42 Å². The molecule has 1 aromatic carbocycles. The fourth-order valence-corrected chi connectivity index (χ4v) is 1.71. The summed E-state index contributed by atoms with van der Waals surface area (Å²) in [6, 6.07) is 3.98. The lowest BCUT2D eigenvalue weighted by molar-refractivity contribution is 0.474. The highest BCUT2D eigenvalue weighted by Gasteiger charge is 2.42. The summed E-state index contributed by atoms with van der Waals surface area (Å²) in [5.41, 5.74) is 5.74. The summed E-state index contributed by atoms with van der Waals surface area (Å²) in [5, 5.41) is 0. The van der Waals surface area contributed by atoms with E-state index in [-0.39, 0.29) is 11.0 Å². The van der Waals surface area contributed by atoms with E-state index in [1.54, 1.807) is 0 Å². The SMILES string of the molecule is NCC1(Cc2c(F)cccc2F)CC1. The second kappa shape index (κ2) is 3.31. The third-order valence-corrected chi connectivity index (χ3v) is 3.00. The van der Waals surface area contributed by atoms with Crippen molar-refractivity contribution in [3.8, 4) is 0 Å². The zero-order valence-corrected chi connectivity index (χ0v) is 7.89. The van der Waals surface area contributed by atoms with Crippen LogP contribution in [0.25, 0.3) is 0 Å². The fourth-order valence-electron chi connectivity index (χ4n) is 1.71. The lowest BCUT2D eigenvalue weighted by atomic mass is 9.96. The average Bonchev–Trinajstić information content (AvgIpc) is 2.93. The molecule has 0 atom stereocenters. The predicted molar refractivity (Wildman–Crippen MR) is 50.8 cm³/mol. The Morgan fingerprint density at radius 2 is 1.79 bits per heavy atom. The number of hydrogen-bond donors (Lipinski definition) is 1. The van der Waals surface area contributed by atoms with E-state index < -0.39 is 11.6 Å². The van der Waals surface area contributed by atoms with E-state index in [1.165, 1.54) is 18.2 Å². The Kier molecular flexibility index (Phi) is 2.27. The minimum absolute atomic E-state index is 0.0248.